The SMILES string of the molecule is O=Cc1cc(Br)ccc1Oc1ccc(Cl)cc1[N+](=O)[O-]. The summed E-state index contributed by atoms with van der Waals surface area (Å²) in [4.78, 5) is 21.4. The van der Waals surface area contributed by atoms with E-state index in [2.05, 4.69) is 15.9 Å². The van der Waals surface area contributed by atoms with Crippen LogP contribution in [0.5, 0.6) is 11.5 Å². The minimum atomic E-state index is -0.597. The summed E-state index contributed by atoms with van der Waals surface area (Å²) in [5, 5.41) is 11.2. The van der Waals surface area contributed by atoms with Gasteiger partial charge in [0, 0.05) is 15.6 Å². The van der Waals surface area contributed by atoms with Crippen molar-refractivity contribution in [3.8, 4) is 11.5 Å². The molecule has 2 aromatic rings. The zero-order valence-corrected chi connectivity index (χ0v) is 12.2. The molecular weight excluding hydrogens is 350 g/mol. The molecule has 0 aromatic heterocycles. The first-order valence-electron chi connectivity index (χ1n) is 5.38. The summed E-state index contributed by atoms with van der Waals surface area (Å²) in [6.45, 7) is 0. The molecule has 102 valence electrons. The Hall–Kier alpha value is -1.92. The Labute approximate surface area is 127 Å². The van der Waals surface area contributed by atoms with Crippen LogP contribution in [-0.2, 0) is 0 Å². The van der Waals surface area contributed by atoms with Gasteiger partial charge in [0.15, 0.2) is 6.29 Å². The first kappa shape index (κ1) is 14.5. The highest BCUT2D eigenvalue weighted by atomic mass is 79.9. The second-order valence-corrected chi connectivity index (χ2v) is 5.12. The zero-order valence-electron chi connectivity index (χ0n) is 9.88. The topological polar surface area (TPSA) is 69.4 Å². The van der Waals surface area contributed by atoms with Crippen molar-refractivity contribution in [3.63, 3.8) is 0 Å². The lowest BCUT2D eigenvalue weighted by molar-refractivity contribution is -0.385. The molecule has 7 heteroatoms. The van der Waals surface area contributed by atoms with Crippen LogP contribution in [0, 0.1) is 10.1 Å². The molecule has 0 fully saturated rings. The molecule has 2 aromatic carbocycles. The van der Waals surface area contributed by atoms with E-state index < -0.39 is 4.92 Å². The van der Waals surface area contributed by atoms with Crippen LogP contribution in [0.25, 0.3) is 0 Å². The van der Waals surface area contributed by atoms with Gasteiger partial charge in [0.05, 0.1) is 10.5 Å². The average molecular weight is 357 g/mol. The van der Waals surface area contributed by atoms with E-state index in [1.54, 1.807) is 18.2 Å². The smallest absolute Gasteiger partial charge is 0.313 e. The number of hydrogen-bond acceptors (Lipinski definition) is 4. The fourth-order valence-electron chi connectivity index (χ4n) is 1.54. The fourth-order valence-corrected chi connectivity index (χ4v) is 2.09. The highest BCUT2D eigenvalue weighted by Gasteiger charge is 2.17. The number of hydrogen-bond donors (Lipinski definition) is 0. The number of carbonyl (C=O) groups is 1. The van der Waals surface area contributed by atoms with Gasteiger partial charge < -0.3 is 4.74 Å². The molecule has 0 unspecified atom stereocenters. The van der Waals surface area contributed by atoms with E-state index >= 15 is 0 Å². The van der Waals surface area contributed by atoms with Crippen LogP contribution < -0.4 is 4.74 Å². The quantitative estimate of drug-likeness (QED) is 0.455. The molecular formula is C13H7BrClNO4. The molecule has 0 radical (unpaired) electrons. The molecule has 0 heterocycles. The maximum atomic E-state index is 11.0. The van der Waals surface area contributed by atoms with Gasteiger partial charge in [-0.1, -0.05) is 27.5 Å². The van der Waals surface area contributed by atoms with Gasteiger partial charge in [0.25, 0.3) is 0 Å². The van der Waals surface area contributed by atoms with Gasteiger partial charge in [-0.25, -0.2) is 0 Å². The second-order valence-electron chi connectivity index (χ2n) is 3.77. The van der Waals surface area contributed by atoms with Crippen LogP contribution in [0.2, 0.25) is 5.02 Å². The van der Waals surface area contributed by atoms with Crippen molar-refractivity contribution in [2.45, 2.75) is 0 Å². The van der Waals surface area contributed by atoms with Gasteiger partial charge in [-0.15, -0.1) is 0 Å². The minimum absolute atomic E-state index is 0.0184. The molecule has 0 N–H and O–H groups in total. The van der Waals surface area contributed by atoms with Gasteiger partial charge in [-0.05, 0) is 30.3 Å². The third-order valence-electron chi connectivity index (χ3n) is 2.44. The number of nitro groups is 1. The monoisotopic (exact) mass is 355 g/mol. The molecule has 20 heavy (non-hydrogen) atoms. The fraction of sp³-hybridized carbons (Fsp3) is 0. The third-order valence-corrected chi connectivity index (χ3v) is 3.16. The lowest BCUT2D eigenvalue weighted by Gasteiger charge is -2.08. The van der Waals surface area contributed by atoms with E-state index in [1.807, 2.05) is 0 Å². The van der Waals surface area contributed by atoms with E-state index in [0.717, 1.165) is 0 Å². The summed E-state index contributed by atoms with van der Waals surface area (Å²) < 4.78 is 6.16. The maximum Gasteiger partial charge on any atom is 0.313 e. The summed E-state index contributed by atoms with van der Waals surface area (Å²) in [6.07, 6.45) is 0.613. The van der Waals surface area contributed by atoms with E-state index in [1.165, 1.54) is 18.2 Å². The van der Waals surface area contributed by atoms with Crippen molar-refractivity contribution in [1.29, 1.82) is 0 Å². The minimum Gasteiger partial charge on any atom is -0.449 e. The number of aldehydes is 1. The van der Waals surface area contributed by atoms with E-state index in [0.29, 0.717) is 10.8 Å². The lowest BCUT2D eigenvalue weighted by Crippen LogP contribution is -1.95. The number of ether oxygens (including phenoxy) is 1. The van der Waals surface area contributed by atoms with Crippen LogP contribution in [-0.4, -0.2) is 11.2 Å². The van der Waals surface area contributed by atoms with Crippen molar-refractivity contribution in [2.24, 2.45) is 0 Å². The van der Waals surface area contributed by atoms with Crippen LogP contribution in [0.4, 0.5) is 5.69 Å². The zero-order chi connectivity index (χ0) is 14.7. The summed E-state index contributed by atoms with van der Waals surface area (Å²) in [5.74, 6) is 0.249. The number of rotatable bonds is 4. The molecule has 0 aliphatic heterocycles. The maximum absolute atomic E-state index is 11.0. The Balaban J connectivity index is 2.45. The second kappa shape index (κ2) is 6.02. The van der Waals surface area contributed by atoms with E-state index in [9.17, 15) is 14.9 Å². The van der Waals surface area contributed by atoms with Gasteiger partial charge in [0.1, 0.15) is 5.75 Å². The van der Waals surface area contributed by atoms with Crippen LogP contribution in [0.1, 0.15) is 10.4 Å². The summed E-state index contributed by atoms with van der Waals surface area (Å²) in [6, 6.07) is 8.83. The molecule has 2 rings (SSSR count). The first-order valence-corrected chi connectivity index (χ1v) is 6.55. The Morgan fingerprint density at radius 1 is 1.20 bits per heavy atom. The van der Waals surface area contributed by atoms with Gasteiger partial charge in [-0.3, -0.25) is 14.9 Å². The number of nitrogens with zero attached hydrogens (tertiary/aromatic N) is 1. The molecule has 0 atom stereocenters. The molecule has 0 amide bonds. The van der Waals surface area contributed by atoms with Crippen molar-refractivity contribution in [2.75, 3.05) is 0 Å². The average Bonchev–Trinajstić information content (AvgIpc) is 2.42. The van der Waals surface area contributed by atoms with Gasteiger partial charge >= 0.3 is 5.69 Å². The van der Waals surface area contributed by atoms with E-state index in [4.69, 9.17) is 16.3 Å². The molecule has 0 saturated carbocycles. The Morgan fingerprint density at radius 3 is 2.55 bits per heavy atom. The van der Waals surface area contributed by atoms with Crippen molar-refractivity contribution in [1.82, 2.24) is 0 Å². The molecule has 5 nitrogen and oxygen atoms in total. The Kier molecular flexibility index (Phi) is 4.36. The highest BCUT2D eigenvalue weighted by Crippen LogP contribution is 2.35. The first-order chi connectivity index (χ1) is 9.51. The van der Waals surface area contributed by atoms with Crippen LogP contribution in [0.15, 0.2) is 40.9 Å². The standard InChI is InChI=1S/C13H7BrClNO4/c14-9-1-3-12(8(5-9)7-17)20-13-4-2-10(15)6-11(13)16(18)19/h1-7H. The Bertz CT molecular complexity index is 690. The predicted octanol–water partition coefficient (Wildman–Crippen LogP) is 4.62. The molecule has 0 spiro atoms. The molecule has 0 saturated heterocycles. The summed E-state index contributed by atoms with van der Waals surface area (Å²) >= 11 is 8.95. The summed E-state index contributed by atoms with van der Waals surface area (Å²) in [7, 11) is 0. The predicted molar refractivity (Wildman–Crippen MR) is 77.7 cm³/mol. The summed E-state index contributed by atoms with van der Waals surface area (Å²) in [5.41, 5.74) is 0.0147. The van der Waals surface area contributed by atoms with E-state index in [-0.39, 0.29) is 27.8 Å². The number of benzene rings is 2. The number of nitro benzene ring substituents is 1. The lowest BCUT2D eigenvalue weighted by atomic mass is 10.2. The number of carbonyl (C=O) groups excluding carboxylic acids is 1. The largest absolute Gasteiger partial charge is 0.449 e. The van der Waals surface area contributed by atoms with Gasteiger partial charge in [0.2, 0.25) is 5.75 Å². The molecule has 0 aliphatic carbocycles. The molecule has 0 aliphatic rings. The van der Waals surface area contributed by atoms with Crippen LogP contribution in [0.3, 0.4) is 0 Å². The Morgan fingerprint density at radius 2 is 1.90 bits per heavy atom. The molecule has 0 bridgehead atoms. The van der Waals surface area contributed by atoms with Gasteiger partial charge in [-0.2, -0.15) is 0 Å². The van der Waals surface area contributed by atoms with Crippen molar-refractivity contribution in [3.05, 3.63) is 61.6 Å². The highest BCUT2D eigenvalue weighted by molar-refractivity contribution is 9.10. The third kappa shape index (κ3) is 3.15. The van der Waals surface area contributed by atoms with Crippen molar-refractivity contribution < 1.29 is 14.5 Å². The van der Waals surface area contributed by atoms with Crippen LogP contribution >= 0.6 is 27.5 Å². The van der Waals surface area contributed by atoms with Crippen molar-refractivity contribution >= 4 is 39.5 Å². The number of halogens is 2. The normalized spacial score (nSPS) is 10.1.